The van der Waals surface area contributed by atoms with Crippen LogP contribution in [0.1, 0.15) is 12.6 Å². The van der Waals surface area contributed by atoms with Crippen molar-refractivity contribution < 1.29 is 4.92 Å². The van der Waals surface area contributed by atoms with E-state index in [4.69, 9.17) is 0 Å². The molecule has 0 amide bonds. The Hall–Kier alpha value is -1.34. The molecule has 0 atom stereocenters. The molecule has 0 spiro atoms. The lowest BCUT2D eigenvalue weighted by molar-refractivity contribution is -0.387. The van der Waals surface area contributed by atoms with E-state index < -0.39 is 4.92 Å². The highest BCUT2D eigenvalue weighted by Gasteiger charge is 2.16. The van der Waals surface area contributed by atoms with Gasteiger partial charge in [-0.25, -0.2) is 4.98 Å². The van der Waals surface area contributed by atoms with E-state index in [-0.39, 0.29) is 5.69 Å². The smallest absolute Gasteiger partial charge is 0.284 e. The van der Waals surface area contributed by atoms with Gasteiger partial charge in [-0.15, -0.1) is 0 Å². The molecule has 1 heterocycles. The second-order valence-electron chi connectivity index (χ2n) is 3.54. The molecule has 2 rings (SSSR count). The van der Waals surface area contributed by atoms with Crippen molar-refractivity contribution >= 4 is 33.4 Å². The van der Waals surface area contributed by atoms with Crippen LogP contribution in [-0.4, -0.2) is 14.9 Å². The number of halogens is 1. The third-order valence-corrected chi connectivity index (χ3v) is 3.77. The number of hydrogen-bond acceptors (Lipinski definition) is 4. The first-order valence-electron chi connectivity index (χ1n) is 5.26. The Balaban J connectivity index is 2.30. The molecule has 0 saturated carbocycles. The quantitative estimate of drug-likeness (QED) is 0.684. The standard InChI is InChI=1S/C11H10BrN3O2S/c1-2-8-6-13-11(14-8)18-10-4-3-7(12)5-9(10)15(16)17/h3-6H,2H2,1H3,(H,13,14). The topological polar surface area (TPSA) is 71.8 Å². The average Bonchev–Trinajstić information content (AvgIpc) is 2.79. The van der Waals surface area contributed by atoms with Gasteiger partial charge in [-0.05, 0) is 30.3 Å². The van der Waals surface area contributed by atoms with E-state index in [2.05, 4.69) is 25.9 Å². The number of aromatic nitrogens is 2. The molecule has 0 unspecified atom stereocenters. The maximum absolute atomic E-state index is 11.0. The normalized spacial score (nSPS) is 10.6. The van der Waals surface area contributed by atoms with Gasteiger partial charge in [0.1, 0.15) is 0 Å². The number of H-pyrrole nitrogens is 1. The molecule has 18 heavy (non-hydrogen) atoms. The molecule has 0 aliphatic rings. The minimum atomic E-state index is -0.392. The molecule has 2 aromatic rings. The van der Waals surface area contributed by atoms with E-state index in [1.807, 2.05) is 6.92 Å². The molecule has 1 aromatic carbocycles. The fourth-order valence-electron chi connectivity index (χ4n) is 1.39. The van der Waals surface area contributed by atoms with Gasteiger partial charge >= 0.3 is 0 Å². The molecule has 7 heteroatoms. The fraction of sp³-hybridized carbons (Fsp3) is 0.182. The molecule has 94 valence electrons. The second-order valence-corrected chi connectivity index (χ2v) is 5.48. The lowest BCUT2D eigenvalue weighted by Crippen LogP contribution is -1.91. The summed E-state index contributed by atoms with van der Waals surface area (Å²) in [5, 5.41) is 11.6. The molecule has 0 fully saturated rings. The van der Waals surface area contributed by atoms with Crippen molar-refractivity contribution in [3.05, 3.63) is 44.7 Å². The molecule has 0 saturated heterocycles. The highest BCUT2D eigenvalue weighted by molar-refractivity contribution is 9.10. The molecular weight excluding hydrogens is 318 g/mol. The number of nitro groups is 1. The van der Waals surface area contributed by atoms with Gasteiger partial charge in [0.2, 0.25) is 0 Å². The van der Waals surface area contributed by atoms with Crippen molar-refractivity contribution in [2.45, 2.75) is 23.4 Å². The van der Waals surface area contributed by atoms with E-state index in [9.17, 15) is 10.1 Å². The molecule has 5 nitrogen and oxygen atoms in total. The molecular formula is C11H10BrN3O2S. The van der Waals surface area contributed by atoms with Gasteiger partial charge in [0.25, 0.3) is 5.69 Å². The molecule has 0 bridgehead atoms. The Labute approximate surface area is 116 Å². The van der Waals surface area contributed by atoms with Gasteiger partial charge in [0, 0.05) is 22.4 Å². The van der Waals surface area contributed by atoms with Crippen molar-refractivity contribution in [2.75, 3.05) is 0 Å². The van der Waals surface area contributed by atoms with Crippen LogP contribution in [0.5, 0.6) is 0 Å². The van der Waals surface area contributed by atoms with E-state index in [0.717, 1.165) is 12.1 Å². The summed E-state index contributed by atoms with van der Waals surface area (Å²) in [6.45, 7) is 2.02. The molecule has 1 N–H and O–H groups in total. The zero-order valence-electron chi connectivity index (χ0n) is 9.51. The van der Waals surface area contributed by atoms with Gasteiger partial charge in [0.05, 0.1) is 9.82 Å². The number of hydrogen-bond donors (Lipinski definition) is 1. The van der Waals surface area contributed by atoms with Crippen LogP contribution in [0.4, 0.5) is 5.69 Å². The minimum Gasteiger partial charge on any atom is -0.337 e. The van der Waals surface area contributed by atoms with Crippen molar-refractivity contribution in [1.82, 2.24) is 9.97 Å². The van der Waals surface area contributed by atoms with Gasteiger partial charge in [0.15, 0.2) is 5.16 Å². The number of aryl methyl sites for hydroxylation is 1. The van der Waals surface area contributed by atoms with Gasteiger partial charge in [-0.3, -0.25) is 10.1 Å². The van der Waals surface area contributed by atoms with E-state index in [1.165, 1.54) is 17.8 Å². The highest BCUT2D eigenvalue weighted by Crippen LogP contribution is 2.34. The van der Waals surface area contributed by atoms with Gasteiger partial charge < -0.3 is 4.98 Å². The van der Waals surface area contributed by atoms with E-state index >= 15 is 0 Å². The van der Waals surface area contributed by atoms with Crippen LogP contribution in [-0.2, 0) is 6.42 Å². The number of rotatable bonds is 4. The van der Waals surface area contributed by atoms with Crippen LogP contribution in [0.15, 0.2) is 38.9 Å². The largest absolute Gasteiger partial charge is 0.337 e. The SMILES string of the molecule is CCc1cnc(Sc2ccc(Br)cc2[N+](=O)[O-])[nH]1. The lowest BCUT2D eigenvalue weighted by atomic mass is 10.3. The first-order chi connectivity index (χ1) is 8.60. The first kappa shape index (κ1) is 13.1. The Morgan fingerprint density at radius 3 is 2.94 bits per heavy atom. The average molecular weight is 328 g/mol. The monoisotopic (exact) mass is 327 g/mol. The number of nitrogens with one attached hydrogen (secondary N) is 1. The molecule has 1 aromatic heterocycles. The predicted molar refractivity (Wildman–Crippen MR) is 72.9 cm³/mol. The minimum absolute atomic E-state index is 0.0730. The Kier molecular flexibility index (Phi) is 4.03. The van der Waals surface area contributed by atoms with Crippen molar-refractivity contribution in [3.8, 4) is 0 Å². The van der Waals surface area contributed by atoms with Crippen LogP contribution < -0.4 is 0 Å². The summed E-state index contributed by atoms with van der Waals surface area (Å²) in [6.07, 6.45) is 2.60. The van der Waals surface area contributed by atoms with Crippen LogP contribution >= 0.6 is 27.7 Å². The summed E-state index contributed by atoms with van der Waals surface area (Å²) < 4.78 is 0.687. The summed E-state index contributed by atoms with van der Waals surface area (Å²) in [5.41, 5.74) is 1.08. The second kappa shape index (κ2) is 5.53. The van der Waals surface area contributed by atoms with E-state index in [0.29, 0.717) is 14.5 Å². The number of nitro benzene ring substituents is 1. The zero-order valence-corrected chi connectivity index (χ0v) is 11.9. The third-order valence-electron chi connectivity index (χ3n) is 2.31. The Morgan fingerprint density at radius 1 is 1.56 bits per heavy atom. The van der Waals surface area contributed by atoms with Crippen molar-refractivity contribution in [3.63, 3.8) is 0 Å². The van der Waals surface area contributed by atoms with E-state index in [1.54, 1.807) is 18.3 Å². The zero-order chi connectivity index (χ0) is 13.1. The number of benzene rings is 1. The highest BCUT2D eigenvalue weighted by atomic mass is 79.9. The number of aromatic amines is 1. The summed E-state index contributed by atoms with van der Waals surface area (Å²) in [7, 11) is 0. The summed E-state index contributed by atoms with van der Waals surface area (Å²) in [6, 6.07) is 4.98. The molecule has 0 aliphatic heterocycles. The third kappa shape index (κ3) is 2.91. The number of imidazole rings is 1. The van der Waals surface area contributed by atoms with Crippen LogP contribution in [0.2, 0.25) is 0 Å². The van der Waals surface area contributed by atoms with Gasteiger partial charge in [-0.1, -0.05) is 22.9 Å². The Bertz CT molecular complexity index is 585. The lowest BCUT2D eigenvalue weighted by Gasteiger charge is -2.01. The van der Waals surface area contributed by atoms with Crippen molar-refractivity contribution in [1.29, 1.82) is 0 Å². The molecule has 0 radical (unpaired) electrons. The predicted octanol–water partition coefficient (Wildman–Crippen LogP) is 3.79. The van der Waals surface area contributed by atoms with Crippen LogP contribution in [0, 0.1) is 10.1 Å². The molecule has 0 aliphatic carbocycles. The maximum atomic E-state index is 11.0. The summed E-state index contributed by atoms with van der Waals surface area (Å²) in [4.78, 5) is 18.4. The maximum Gasteiger partial charge on any atom is 0.284 e. The van der Waals surface area contributed by atoms with Crippen LogP contribution in [0.25, 0.3) is 0 Å². The number of nitrogens with zero attached hydrogens (tertiary/aromatic N) is 2. The summed E-state index contributed by atoms with van der Waals surface area (Å²) >= 11 is 4.49. The van der Waals surface area contributed by atoms with Gasteiger partial charge in [-0.2, -0.15) is 0 Å². The van der Waals surface area contributed by atoms with Crippen LogP contribution in [0.3, 0.4) is 0 Å². The summed E-state index contributed by atoms with van der Waals surface area (Å²) in [5.74, 6) is 0. The fourth-order valence-corrected chi connectivity index (χ4v) is 2.61. The van der Waals surface area contributed by atoms with Crippen molar-refractivity contribution in [2.24, 2.45) is 0 Å². The first-order valence-corrected chi connectivity index (χ1v) is 6.86. The Morgan fingerprint density at radius 2 is 2.33 bits per heavy atom.